The average Bonchev–Trinajstić information content (AvgIpc) is 2.34. The number of nitro benzene ring substituents is 1. The Bertz CT molecular complexity index is 452. The molecule has 0 radical (unpaired) electrons. The predicted molar refractivity (Wildman–Crippen MR) is 75.4 cm³/mol. The molecule has 0 amide bonds. The SMILES string of the molecule is COc1ccc(CCC(N)C(C)(C)C)cc1[N+](=O)[O-]. The van der Waals surface area contributed by atoms with Gasteiger partial charge in [0.25, 0.3) is 0 Å². The van der Waals surface area contributed by atoms with E-state index in [-0.39, 0.29) is 22.9 Å². The van der Waals surface area contributed by atoms with Crippen molar-refractivity contribution in [2.45, 2.75) is 39.7 Å². The molecule has 5 nitrogen and oxygen atoms in total. The second-order valence-corrected chi connectivity index (χ2v) is 5.77. The monoisotopic (exact) mass is 266 g/mol. The maximum Gasteiger partial charge on any atom is 0.311 e. The molecule has 0 heterocycles. The van der Waals surface area contributed by atoms with Gasteiger partial charge in [-0.2, -0.15) is 0 Å². The number of nitro groups is 1. The van der Waals surface area contributed by atoms with Crippen molar-refractivity contribution in [2.75, 3.05) is 7.11 Å². The third-order valence-corrected chi connectivity index (χ3v) is 3.30. The number of methoxy groups -OCH3 is 1. The molecule has 0 aliphatic heterocycles. The number of nitrogens with two attached hydrogens (primary N) is 1. The Labute approximate surface area is 113 Å². The summed E-state index contributed by atoms with van der Waals surface area (Å²) in [7, 11) is 1.43. The molecular weight excluding hydrogens is 244 g/mol. The fraction of sp³-hybridized carbons (Fsp3) is 0.571. The predicted octanol–water partition coefficient (Wildman–Crippen LogP) is 2.91. The van der Waals surface area contributed by atoms with Crippen LogP contribution in [0.15, 0.2) is 18.2 Å². The minimum atomic E-state index is -0.425. The Morgan fingerprint density at radius 2 is 2.05 bits per heavy atom. The number of ether oxygens (including phenoxy) is 1. The minimum Gasteiger partial charge on any atom is -0.490 e. The van der Waals surface area contributed by atoms with Gasteiger partial charge >= 0.3 is 5.69 Å². The average molecular weight is 266 g/mol. The van der Waals surface area contributed by atoms with Gasteiger partial charge in [0.2, 0.25) is 0 Å². The maximum atomic E-state index is 10.9. The molecule has 0 aliphatic carbocycles. The quantitative estimate of drug-likeness (QED) is 0.656. The molecule has 0 fully saturated rings. The molecule has 0 spiro atoms. The van der Waals surface area contributed by atoms with Crippen molar-refractivity contribution in [3.05, 3.63) is 33.9 Å². The van der Waals surface area contributed by atoms with Crippen molar-refractivity contribution in [2.24, 2.45) is 11.1 Å². The number of benzene rings is 1. The summed E-state index contributed by atoms with van der Waals surface area (Å²) in [5.41, 5.74) is 7.05. The Hall–Kier alpha value is -1.62. The third kappa shape index (κ3) is 4.21. The van der Waals surface area contributed by atoms with E-state index in [1.165, 1.54) is 7.11 Å². The second kappa shape index (κ2) is 6.02. The first-order valence-corrected chi connectivity index (χ1v) is 6.32. The van der Waals surface area contributed by atoms with Crippen LogP contribution in [-0.2, 0) is 6.42 Å². The Kier molecular flexibility index (Phi) is 4.89. The molecule has 106 valence electrons. The lowest BCUT2D eigenvalue weighted by molar-refractivity contribution is -0.385. The van der Waals surface area contributed by atoms with Crippen LogP contribution in [0.3, 0.4) is 0 Å². The van der Waals surface area contributed by atoms with E-state index >= 15 is 0 Å². The fourth-order valence-corrected chi connectivity index (χ4v) is 1.79. The molecule has 1 unspecified atom stereocenters. The van der Waals surface area contributed by atoms with E-state index in [0.29, 0.717) is 0 Å². The van der Waals surface area contributed by atoms with Gasteiger partial charge in [-0.25, -0.2) is 0 Å². The summed E-state index contributed by atoms with van der Waals surface area (Å²) in [5.74, 6) is 0.286. The van der Waals surface area contributed by atoms with Crippen molar-refractivity contribution < 1.29 is 9.66 Å². The summed E-state index contributed by atoms with van der Waals surface area (Å²) < 4.78 is 4.98. The molecule has 19 heavy (non-hydrogen) atoms. The van der Waals surface area contributed by atoms with E-state index in [0.717, 1.165) is 18.4 Å². The molecule has 0 saturated heterocycles. The first-order chi connectivity index (χ1) is 8.75. The van der Waals surface area contributed by atoms with E-state index in [4.69, 9.17) is 10.5 Å². The zero-order chi connectivity index (χ0) is 14.6. The van der Waals surface area contributed by atoms with Crippen molar-refractivity contribution in [3.8, 4) is 5.75 Å². The first kappa shape index (κ1) is 15.4. The second-order valence-electron chi connectivity index (χ2n) is 5.77. The first-order valence-electron chi connectivity index (χ1n) is 6.32. The van der Waals surface area contributed by atoms with Gasteiger partial charge in [0.05, 0.1) is 12.0 Å². The molecule has 1 aromatic rings. The number of rotatable bonds is 5. The molecule has 0 aromatic heterocycles. The van der Waals surface area contributed by atoms with Crippen LogP contribution in [0.2, 0.25) is 0 Å². The number of aryl methyl sites for hydroxylation is 1. The van der Waals surface area contributed by atoms with Crippen molar-refractivity contribution in [1.29, 1.82) is 0 Å². The maximum absolute atomic E-state index is 10.9. The molecule has 1 aromatic carbocycles. The molecular formula is C14H22N2O3. The summed E-state index contributed by atoms with van der Waals surface area (Å²) in [6, 6.07) is 5.11. The van der Waals surface area contributed by atoms with Crippen LogP contribution in [0, 0.1) is 15.5 Å². The van der Waals surface area contributed by atoms with E-state index in [9.17, 15) is 10.1 Å². The molecule has 0 bridgehead atoms. The lowest BCUT2D eigenvalue weighted by atomic mass is 9.84. The highest BCUT2D eigenvalue weighted by molar-refractivity contribution is 5.48. The van der Waals surface area contributed by atoms with Crippen molar-refractivity contribution >= 4 is 5.69 Å². The molecule has 0 saturated carbocycles. The summed E-state index contributed by atoms with van der Waals surface area (Å²) in [5, 5.41) is 10.9. The van der Waals surface area contributed by atoms with E-state index in [1.54, 1.807) is 12.1 Å². The summed E-state index contributed by atoms with van der Waals surface area (Å²) in [4.78, 5) is 10.5. The van der Waals surface area contributed by atoms with Gasteiger partial charge in [-0.05, 0) is 29.9 Å². The van der Waals surface area contributed by atoms with Crippen LogP contribution >= 0.6 is 0 Å². The van der Waals surface area contributed by atoms with Crippen LogP contribution < -0.4 is 10.5 Å². The van der Waals surface area contributed by atoms with Gasteiger partial charge in [-0.15, -0.1) is 0 Å². The van der Waals surface area contributed by atoms with Gasteiger partial charge in [-0.3, -0.25) is 10.1 Å². The zero-order valence-corrected chi connectivity index (χ0v) is 12.0. The van der Waals surface area contributed by atoms with Gasteiger partial charge in [0, 0.05) is 12.1 Å². The highest BCUT2D eigenvalue weighted by Gasteiger charge is 2.21. The van der Waals surface area contributed by atoms with Crippen LogP contribution in [0.1, 0.15) is 32.8 Å². The molecule has 0 aliphatic rings. The van der Waals surface area contributed by atoms with E-state index < -0.39 is 4.92 Å². The summed E-state index contributed by atoms with van der Waals surface area (Å²) in [6.45, 7) is 6.27. The van der Waals surface area contributed by atoms with Crippen LogP contribution in [0.4, 0.5) is 5.69 Å². The normalized spacial score (nSPS) is 13.1. The smallest absolute Gasteiger partial charge is 0.311 e. The van der Waals surface area contributed by atoms with E-state index in [1.807, 2.05) is 6.07 Å². The molecule has 1 atom stereocenters. The summed E-state index contributed by atoms with van der Waals surface area (Å²) >= 11 is 0. The van der Waals surface area contributed by atoms with Gasteiger partial charge in [0.1, 0.15) is 0 Å². The standard InChI is InChI=1S/C14H22N2O3/c1-14(2,3)13(15)8-6-10-5-7-12(19-4)11(9-10)16(17)18/h5,7,9,13H,6,8,15H2,1-4H3. The van der Waals surface area contributed by atoms with Crippen molar-refractivity contribution in [1.82, 2.24) is 0 Å². The molecule has 2 N–H and O–H groups in total. The Balaban J connectivity index is 2.81. The lowest BCUT2D eigenvalue weighted by Crippen LogP contribution is -2.35. The molecule has 1 rings (SSSR count). The van der Waals surface area contributed by atoms with Gasteiger partial charge in [-0.1, -0.05) is 26.8 Å². The van der Waals surface area contributed by atoms with Crippen molar-refractivity contribution in [3.63, 3.8) is 0 Å². The number of hydrogen-bond donors (Lipinski definition) is 1. The van der Waals surface area contributed by atoms with Crippen LogP contribution in [-0.4, -0.2) is 18.1 Å². The van der Waals surface area contributed by atoms with Crippen LogP contribution in [0.25, 0.3) is 0 Å². The summed E-state index contributed by atoms with van der Waals surface area (Å²) in [6.07, 6.45) is 1.52. The fourth-order valence-electron chi connectivity index (χ4n) is 1.79. The topological polar surface area (TPSA) is 78.4 Å². The lowest BCUT2D eigenvalue weighted by Gasteiger charge is -2.27. The Morgan fingerprint density at radius 3 is 2.53 bits per heavy atom. The van der Waals surface area contributed by atoms with Crippen LogP contribution in [0.5, 0.6) is 5.75 Å². The largest absolute Gasteiger partial charge is 0.490 e. The highest BCUT2D eigenvalue weighted by atomic mass is 16.6. The zero-order valence-electron chi connectivity index (χ0n) is 12.0. The number of hydrogen-bond acceptors (Lipinski definition) is 4. The van der Waals surface area contributed by atoms with E-state index in [2.05, 4.69) is 20.8 Å². The third-order valence-electron chi connectivity index (χ3n) is 3.30. The Morgan fingerprint density at radius 1 is 1.42 bits per heavy atom. The van der Waals surface area contributed by atoms with Gasteiger partial charge < -0.3 is 10.5 Å². The van der Waals surface area contributed by atoms with Gasteiger partial charge in [0.15, 0.2) is 5.75 Å². The number of nitrogens with zero attached hydrogens (tertiary/aromatic N) is 1. The minimum absolute atomic E-state index is 0.00401. The molecule has 5 heteroatoms. The highest BCUT2D eigenvalue weighted by Crippen LogP contribution is 2.29.